The predicted molar refractivity (Wildman–Crippen MR) is 72.2 cm³/mol. The molecular weight excluding hydrogens is 254 g/mol. The molecule has 0 aromatic heterocycles. The van der Waals surface area contributed by atoms with E-state index >= 15 is 0 Å². The second kappa shape index (κ2) is 8.06. The highest BCUT2D eigenvalue weighted by molar-refractivity contribution is 7.89. The third kappa shape index (κ3) is 5.62. The molecule has 7 heteroatoms. The van der Waals surface area contributed by atoms with Gasteiger partial charge in [-0.3, -0.25) is 4.90 Å². The molecule has 0 spiro atoms. The van der Waals surface area contributed by atoms with Crippen LogP contribution in [0.1, 0.15) is 6.92 Å². The van der Waals surface area contributed by atoms with Crippen molar-refractivity contribution >= 4 is 10.0 Å². The molecule has 0 aromatic rings. The lowest BCUT2D eigenvalue weighted by molar-refractivity contribution is 0.138. The smallest absolute Gasteiger partial charge is 0.215 e. The molecule has 0 unspecified atom stereocenters. The van der Waals surface area contributed by atoms with Crippen molar-refractivity contribution in [3.63, 3.8) is 0 Å². The Morgan fingerprint density at radius 1 is 1.33 bits per heavy atom. The standard InChI is InChI=1S/C11H25N3O3S/c1-3-17-10-8-13(2)18(15,16)11-9-14-6-4-12-5-7-14/h12H,3-11H2,1-2H3. The Labute approximate surface area is 110 Å². The summed E-state index contributed by atoms with van der Waals surface area (Å²) < 4.78 is 30.6. The van der Waals surface area contributed by atoms with E-state index in [1.165, 1.54) is 4.31 Å². The topological polar surface area (TPSA) is 61.9 Å². The molecule has 0 amide bonds. The summed E-state index contributed by atoms with van der Waals surface area (Å²) in [6.45, 7) is 7.77. The SMILES string of the molecule is CCOCCN(C)S(=O)(=O)CCN1CCNCC1. The van der Waals surface area contributed by atoms with Crippen molar-refractivity contribution in [1.29, 1.82) is 0 Å². The van der Waals surface area contributed by atoms with Gasteiger partial charge in [0, 0.05) is 52.9 Å². The number of likely N-dealkylation sites (N-methyl/N-ethyl adjacent to an activating group) is 1. The Kier molecular flexibility index (Phi) is 7.10. The summed E-state index contributed by atoms with van der Waals surface area (Å²) in [5.41, 5.74) is 0. The largest absolute Gasteiger partial charge is 0.380 e. The van der Waals surface area contributed by atoms with Crippen molar-refractivity contribution in [1.82, 2.24) is 14.5 Å². The van der Waals surface area contributed by atoms with E-state index in [1.54, 1.807) is 7.05 Å². The minimum atomic E-state index is -3.15. The second-order valence-corrected chi connectivity index (χ2v) is 6.62. The molecule has 1 N–H and O–H groups in total. The fourth-order valence-electron chi connectivity index (χ4n) is 1.81. The van der Waals surface area contributed by atoms with Crippen molar-refractivity contribution < 1.29 is 13.2 Å². The third-order valence-electron chi connectivity index (χ3n) is 3.10. The van der Waals surface area contributed by atoms with Crippen LogP contribution in [0.2, 0.25) is 0 Å². The number of rotatable bonds is 8. The summed E-state index contributed by atoms with van der Waals surface area (Å²) in [5, 5.41) is 3.25. The van der Waals surface area contributed by atoms with Gasteiger partial charge in [-0.1, -0.05) is 0 Å². The lowest BCUT2D eigenvalue weighted by atomic mass is 10.4. The molecule has 0 atom stereocenters. The van der Waals surface area contributed by atoms with Crippen LogP contribution in [0.25, 0.3) is 0 Å². The highest BCUT2D eigenvalue weighted by Crippen LogP contribution is 2.00. The quantitative estimate of drug-likeness (QED) is 0.589. The summed E-state index contributed by atoms with van der Waals surface area (Å²) in [7, 11) is -1.53. The Bertz CT molecular complexity index is 315. The first-order chi connectivity index (χ1) is 8.56. The van der Waals surface area contributed by atoms with Crippen LogP contribution < -0.4 is 5.32 Å². The average Bonchev–Trinajstić information content (AvgIpc) is 2.38. The molecule has 1 heterocycles. The maximum absolute atomic E-state index is 12.0. The van der Waals surface area contributed by atoms with E-state index in [9.17, 15) is 8.42 Å². The van der Waals surface area contributed by atoms with Crippen LogP contribution in [0.4, 0.5) is 0 Å². The summed E-state index contributed by atoms with van der Waals surface area (Å²) >= 11 is 0. The van der Waals surface area contributed by atoms with Gasteiger partial charge in [0.15, 0.2) is 0 Å². The first-order valence-corrected chi connectivity index (χ1v) is 8.12. The van der Waals surface area contributed by atoms with E-state index in [1.807, 2.05) is 6.92 Å². The summed E-state index contributed by atoms with van der Waals surface area (Å²) in [6, 6.07) is 0. The van der Waals surface area contributed by atoms with Gasteiger partial charge in [-0.15, -0.1) is 0 Å². The molecule has 0 bridgehead atoms. The number of ether oxygens (including phenoxy) is 1. The highest BCUT2D eigenvalue weighted by Gasteiger charge is 2.19. The van der Waals surface area contributed by atoms with Crippen LogP contribution in [0.15, 0.2) is 0 Å². The van der Waals surface area contributed by atoms with Crippen LogP contribution in [-0.4, -0.2) is 82.9 Å². The first kappa shape index (κ1) is 15.8. The van der Waals surface area contributed by atoms with E-state index in [0.717, 1.165) is 26.2 Å². The second-order valence-electron chi connectivity index (χ2n) is 4.43. The van der Waals surface area contributed by atoms with Crippen molar-refractivity contribution in [3.05, 3.63) is 0 Å². The zero-order chi connectivity index (χ0) is 13.4. The van der Waals surface area contributed by atoms with Gasteiger partial charge in [-0.05, 0) is 6.92 Å². The molecule has 6 nitrogen and oxygen atoms in total. The zero-order valence-corrected chi connectivity index (χ0v) is 12.2. The maximum Gasteiger partial charge on any atom is 0.215 e. The summed E-state index contributed by atoms with van der Waals surface area (Å²) in [6.07, 6.45) is 0. The van der Waals surface area contributed by atoms with Crippen molar-refractivity contribution in [2.75, 3.05) is 65.3 Å². The Hall–Kier alpha value is -0.210. The maximum atomic E-state index is 12.0. The van der Waals surface area contributed by atoms with Gasteiger partial charge >= 0.3 is 0 Å². The van der Waals surface area contributed by atoms with Gasteiger partial charge in [0.05, 0.1) is 12.4 Å². The molecule has 0 aliphatic carbocycles. The third-order valence-corrected chi connectivity index (χ3v) is 4.94. The number of nitrogens with one attached hydrogen (secondary N) is 1. The van der Waals surface area contributed by atoms with Gasteiger partial charge in [-0.2, -0.15) is 0 Å². The fraction of sp³-hybridized carbons (Fsp3) is 1.00. The first-order valence-electron chi connectivity index (χ1n) is 6.51. The van der Waals surface area contributed by atoms with Gasteiger partial charge in [0.25, 0.3) is 0 Å². The van der Waals surface area contributed by atoms with Crippen LogP contribution in [0, 0.1) is 0 Å². The Morgan fingerprint density at radius 3 is 2.61 bits per heavy atom. The number of nitrogens with zero attached hydrogens (tertiary/aromatic N) is 2. The van der Waals surface area contributed by atoms with Gasteiger partial charge < -0.3 is 10.1 Å². The molecule has 0 radical (unpaired) electrons. The van der Waals surface area contributed by atoms with E-state index < -0.39 is 10.0 Å². The van der Waals surface area contributed by atoms with Crippen molar-refractivity contribution in [3.8, 4) is 0 Å². The average molecular weight is 279 g/mol. The normalized spacial score (nSPS) is 18.4. The van der Waals surface area contributed by atoms with Crippen LogP contribution in [-0.2, 0) is 14.8 Å². The number of piperazine rings is 1. The molecule has 1 aliphatic rings. The van der Waals surface area contributed by atoms with E-state index in [2.05, 4.69) is 10.2 Å². The number of hydrogen-bond acceptors (Lipinski definition) is 5. The molecule has 0 saturated carbocycles. The molecule has 108 valence electrons. The van der Waals surface area contributed by atoms with Crippen LogP contribution in [0.5, 0.6) is 0 Å². The van der Waals surface area contributed by atoms with Crippen molar-refractivity contribution in [2.24, 2.45) is 0 Å². The summed E-state index contributed by atoms with van der Waals surface area (Å²) in [4.78, 5) is 2.18. The number of hydrogen-bond donors (Lipinski definition) is 1. The lowest BCUT2D eigenvalue weighted by Crippen LogP contribution is -2.46. The predicted octanol–water partition coefficient (Wildman–Crippen LogP) is -0.810. The Balaban J connectivity index is 2.28. The van der Waals surface area contributed by atoms with E-state index in [4.69, 9.17) is 4.74 Å². The monoisotopic (exact) mass is 279 g/mol. The molecular formula is C11H25N3O3S. The minimum Gasteiger partial charge on any atom is -0.380 e. The Morgan fingerprint density at radius 2 is 2.00 bits per heavy atom. The molecule has 0 aromatic carbocycles. The van der Waals surface area contributed by atoms with Gasteiger partial charge in [-0.25, -0.2) is 12.7 Å². The molecule has 1 rings (SSSR count). The van der Waals surface area contributed by atoms with Crippen LogP contribution in [0.3, 0.4) is 0 Å². The highest BCUT2D eigenvalue weighted by atomic mass is 32.2. The number of sulfonamides is 1. The van der Waals surface area contributed by atoms with Crippen LogP contribution >= 0.6 is 0 Å². The lowest BCUT2D eigenvalue weighted by Gasteiger charge is -2.27. The molecule has 1 fully saturated rings. The zero-order valence-electron chi connectivity index (χ0n) is 11.4. The fourth-order valence-corrected chi connectivity index (χ4v) is 2.96. The molecule has 18 heavy (non-hydrogen) atoms. The summed E-state index contributed by atoms with van der Waals surface area (Å²) in [5.74, 6) is 0.190. The van der Waals surface area contributed by atoms with E-state index in [0.29, 0.717) is 26.3 Å². The van der Waals surface area contributed by atoms with Crippen molar-refractivity contribution in [2.45, 2.75) is 6.92 Å². The minimum absolute atomic E-state index is 0.190. The molecule has 1 saturated heterocycles. The van der Waals surface area contributed by atoms with Gasteiger partial charge in [0.1, 0.15) is 0 Å². The van der Waals surface area contributed by atoms with E-state index in [-0.39, 0.29) is 5.75 Å². The molecule has 1 aliphatic heterocycles. The van der Waals surface area contributed by atoms with Gasteiger partial charge in [0.2, 0.25) is 10.0 Å².